The fourth-order valence-corrected chi connectivity index (χ4v) is 1.09. The first kappa shape index (κ1) is 10.5. The summed E-state index contributed by atoms with van der Waals surface area (Å²) in [5, 5.41) is 0. The van der Waals surface area contributed by atoms with Crippen LogP contribution >= 0.6 is 0 Å². The van der Waals surface area contributed by atoms with Crippen molar-refractivity contribution < 1.29 is 9.53 Å². The zero-order chi connectivity index (χ0) is 10.7. The molecule has 0 aliphatic rings. The van der Waals surface area contributed by atoms with E-state index in [1.54, 1.807) is 33.5 Å². The van der Waals surface area contributed by atoms with Crippen molar-refractivity contribution in [3.63, 3.8) is 0 Å². The summed E-state index contributed by atoms with van der Waals surface area (Å²) in [6.45, 7) is 1.84. The monoisotopic (exact) mass is 194 g/mol. The quantitative estimate of drug-likeness (QED) is 0.708. The van der Waals surface area contributed by atoms with Gasteiger partial charge in [0.25, 0.3) is 5.91 Å². The van der Waals surface area contributed by atoms with E-state index >= 15 is 0 Å². The number of aryl methyl sites for hydroxylation is 1. The van der Waals surface area contributed by atoms with Gasteiger partial charge in [-0.05, 0) is 13.0 Å². The minimum absolute atomic E-state index is 0.0733. The predicted octanol–water partition coefficient (Wildman–Crippen LogP) is 1.10. The second-order valence-corrected chi connectivity index (χ2v) is 3.21. The number of hydrogen-bond donors (Lipinski definition) is 0. The molecule has 0 aliphatic heterocycles. The van der Waals surface area contributed by atoms with Gasteiger partial charge in [0.1, 0.15) is 5.75 Å². The van der Waals surface area contributed by atoms with Crippen LogP contribution in [0.15, 0.2) is 12.3 Å². The summed E-state index contributed by atoms with van der Waals surface area (Å²) in [4.78, 5) is 17.1. The van der Waals surface area contributed by atoms with Gasteiger partial charge in [-0.15, -0.1) is 0 Å². The third kappa shape index (κ3) is 2.02. The van der Waals surface area contributed by atoms with Crippen molar-refractivity contribution in [3.8, 4) is 5.75 Å². The Labute approximate surface area is 83.5 Å². The summed E-state index contributed by atoms with van der Waals surface area (Å²) < 4.78 is 5.08. The Balaban J connectivity index is 3.06. The highest BCUT2D eigenvalue weighted by Gasteiger charge is 2.10. The maximum Gasteiger partial charge on any atom is 0.255 e. The number of nitrogens with zero attached hydrogens (tertiary/aromatic N) is 2. The highest BCUT2D eigenvalue weighted by Crippen LogP contribution is 2.16. The standard InChI is InChI=1S/C10H14N2O2/c1-7-9(14-4)5-8(6-11-7)10(13)12(2)3/h5-6H,1-4H3. The molecule has 0 fully saturated rings. The molecular weight excluding hydrogens is 180 g/mol. The smallest absolute Gasteiger partial charge is 0.255 e. The lowest BCUT2D eigenvalue weighted by Crippen LogP contribution is -2.21. The molecule has 1 amide bonds. The van der Waals surface area contributed by atoms with Gasteiger partial charge in [-0.3, -0.25) is 9.78 Å². The number of rotatable bonds is 2. The van der Waals surface area contributed by atoms with Gasteiger partial charge in [0.2, 0.25) is 0 Å². The van der Waals surface area contributed by atoms with Crippen LogP contribution in [0.2, 0.25) is 0 Å². The number of amides is 1. The van der Waals surface area contributed by atoms with Crippen LogP contribution in [-0.2, 0) is 0 Å². The zero-order valence-electron chi connectivity index (χ0n) is 8.87. The average molecular weight is 194 g/mol. The molecule has 0 aromatic carbocycles. The SMILES string of the molecule is COc1cc(C(=O)N(C)C)cnc1C. The first-order chi connectivity index (χ1) is 6.56. The number of methoxy groups -OCH3 is 1. The molecule has 0 radical (unpaired) electrons. The van der Waals surface area contributed by atoms with Crippen molar-refractivity contribution in [2.75, 3.05) is 21.2 Å². The Bertz CT molecular complexity index is 348. The molecule has 0 unspecified atom stereocenters. The molecule has 4 nitrogen and oxygen atoms in total. The second-order valence-electron chi connectivity index (χ2n) is 3.21. The van der Waals surface area contributed by atoms with Crippen LogP contribution < -0.4 is 4.74 Å². The Morgan fingerprint density at radius 2 is 2.14 bits per heavy atom. The second kappa shape index (κ2) is 4.09. The van der Waals surface area contributed by atoms with Gasteiger partial charge in [0.15, 0.2) is 0 Å². The van der Waals surface area contributed by atoms with Crippen molar-refractivity contribution in [1.29, 1.82) is 0 Å². The predicted molar refractivity (Wildman–Crippen MR) is 53.5 cm³/mol. The number of pyridine rings is 1. The minimum atomic E-state index is -0.0733. The van der Waals surface area contributed by atoms with Crippen molar-refractivity contribution in [2.45, 2.75) is 6.92 Å². The highest BCUT2D eigenvalue weighted by molar-refractivity contribution is 5.93. The van der Waals surface area contributed by atoms with Gasteiger partial charge in [-0.2, -0.15) is 0 Å². The van der Waals surface area contributed by atoms with E-state index in [0.717, 1.165) is 5.69 Å². The van der Waals surface area contributed by atoms with E-state index in [1.165, 1.54) is 4.90 Å². The van der Waals surface area contributed by atoms with Crippen molar-refractivity contribution in [2.24, 2.45) is 0 Å². The third-order valence-electron chi connectivity index (χ3n) is 1.91. The molecular formula is C10H14N2O2. The number of carbonyl (C=O) groups is 1. The molecule has 0 bridgehead atoms. The molecule has 1 heterocycles. The normalized spacial score (nSPS) is 9.71. The number of carbonyl (C=O) groups excluding carboxylic acids is 1. The van der Waals surface area contributed by atoms with Crippen molar-refractivity contribution in [1.82, 2.24) is 9.88 Å². The highest BCUT2D eigenvalue weighted by atomic mass is 16.5. The lowest BCUT2D eigenvalue weighted by atomic mass is 10.2. The molecule has 76 valence electrons. The summed E-state index contributed by atoms with van der Waals surface area (Å²) in [5.41, 5.74) is 1.32. The fourth-order valence-electron chi connectivity index (χ4n) is 1.09. The van der Waals surface area contributed by atoms with E-state index in [0.29, 0.717) is 11.3 Å². The lowest BCUT2D eigenvalue weighted by Gasteiger charge is -2.11. The maximum atomic E-state index is 11.6. The van der Waals surface area contributed by atoms with Crippen LogP contribution in [-0.4, -0.2) is 37.0 Å². The zero-order valence-corrected chi connectivity index (χ0v) is 8.87. The van der Waals surface area contributed by atoms with Crippen molar-refractivity contribution >= 4 is 5.91 Å². The van der Waals surface area contributed by atoms with Crippen LogP contribution in [0.5, 0.6) is 5.75 Å². The molecule has 0 spiro atoms. The summed E-state index contributed by atoms with van der Waals surface area (Å²) in [7, 11) is 4.97. The van der Waals surface area contributed by atoms with E-state index in [4.69, 9.17) is 4.74 Å². The Morgan fingerprint density at radius 3 is 2.64 bits per heavy atom. The molecule has 1 rings (SSSR count). The van der Waals surface area contributed by atoms with Crippen LogP contribution in [0.4, 0.5) is 0 Å². The van der Waals surface area contributed by atoms with E-state index in [2.05, 4.69) is 4.98 Å². The summed E-state index contributed by atoms with van der Waals surface area (Å²) in [5.74, 6) is 0.563. The Kier molecular flexibility index (Phi) is 3.06. The van der Waals surface area contributed by atoms with E-state index in [-0.39, 0.29) is 5.91 Å². The van der Waals surface area contributed by atoms with Crippen LogP contribution in [0, 0.1) is 6.92 Å². The van der Waals surface area contributed by atoms with E-state index in [1.807, 2.05) is 6.92 Å². The average Bonchev–Trinajstić information content (AvgIpc) is 2.17. The summed E-state index contributed by atoms with van der Waals surface area (Å²) >= 11 is 0. The van der Waals surface area contributed by atoms with Crippen LogP contribution in [0.1, 0.15) is 16.1 Å². The lowest BCUT2D eigenvalue weighted by molar-refractivity contribution is 0.0827. The summed E-state index contributed by atoms with van der Waals surface area (Å²) in [6.07, 6.45) is 1.56. The van der Waals surface area contributed by atoms with Crippen molar-refractivity contribution in [3.05, 3.63) is 23.5 Å². The molecule has 0 N–H and O–H groups in total. The molecule has 0 saturated carbocycles. The van der Waals surface area contributed by atoms with Gasteiger partial charge in [-0.25, -0.2) is 0 Å². The largest absolute Gasteiger partial charge is 0.495 e. The van der Waals surface area contributed by atoms with E-state index < -0.39 is 0 Å². The minimum Gasteiger partial charge on any atom is -0.495 e. The maximum absolute atomic E-state index is 11.6. The molecule has 0 saturated heterocycles. The molecule has 0 aliphatic carbocycles. The Morgan fingerprint density at radius 1 is 1.50 bits per heavy atom. The van der Waals surface area contributed by atoms with Gasteiger partial charge in [-0.1, -0.05) is 0 Å². The molecule has 4 heteroatoms. The fraction of sp³-hybridized carbons (Fsp3) is 0.400. The number of ether oxygens (including phenoxy) is 1. The van der Waals surface area contributed by atoms with Gasteiger partial charge in [0, 0.05) is 20.3 Å². The Hall–Kier alpha value is -1.58. The number of aromatic nitrogens is 1. The summed E-state index contributed by atoms with van der Waals surface area (Å²) in [6, 6.07) is 1.70. The van der Waals surface area contributed by atoms with E-state index in [9.17, 15) is 4.79 Å². The third-order valence-corrected chi connectivity index (χ3v) is 1.91. The number of hydrogen-bond acceptors (Lipinski definition) is 3. The molecule has 1 aromatic heterocycles. The van der Waals surface area contributed by atoms with Gasteiger partial charge >= 0.3 is 0 Å². The van der Waals surface area contributed by atoms with Crippen LogP contribution in [0.25, 0.3) is 0 Å². The van der Waals surface area contributed by atoms with Gasteiger partial charge in [0.05, 0.1) is 18.4 Å². The first-order valence-corrected chi connectivity index (χ1v) is 4.28. The van der Waals surface area contributed by atoms with Gasteiger partial charge < -0.3 is 9.64 Å². The topological polar surface area (TPSA) is 42.4 Å². The molecule has 0 atom stereocenters. The molecule has 1 aromatic rings. The molecule has 14 heavy (non-hydrogen) atoms. The van der Waals surface area contributed by atoms with Crippen LogP contribution in [0.3, 0.4) is 0 Å². The first-order valence-electron chi connectivity index (χ1n) is 4.28.